The van der Waals surface area contributed by atoms with Gasteiger partial charge in [0.15, 0.2) is 0 Å². The minimum atomic E-state index is -3.82. The van der Waals surface area contributed by atoms with Crippen molar-refractivity contribution >= 4 is 27.0 Å². The Hall–Kier alpha value is -3.23. The average Bonchev–Trinajstić information content (AvgIpc) is 3.25. The number of thiazole rings is 1. The van der Waals surface area contributed by atoms with Crippen LogP contribution < -0.4 is 9.46 Å². The first-order valence-corrected chi connectivity index (χ1v) is 11.5. The molecule has 30 heavy (non-hydrogen) atoms. The molecular formula is C22H19N3O3S2. The molecule has 8 heteroatoms. The van der Waals surface area contributed by atoms with Crippen molar-refractivity contribution in [2.24, 2.45) is 0 Å². The Labute approximate surface area is 179 Å². The number of rotatable bonds is 6. The van der Waals surface area contributed by atoms with Crippen LogP contribution in [0.5, 0.6) is 5.75 Å². The van der Waals surface area contributed by atoms with Gasteiger partial charge in [-0.1, -0.05) is 18.2 Å². The molecule has 0 atom stereocenters. The highest BCUT2D eigenvalue weighted by Gasteiger charge is 2.20. The summed E-state index contributed by atoms with van der Waals surface area (Å²) in [6, 6.07) is 16.0. The van der Waals surface area contributed by atoms with Crippen molar-refractivity contribution in [3.63, 3.8) is 0 Å². The highest BCUT2D eigenvalue weighted by molar-refractivity contribution is 7.92. The van der Waals surface area contributed by atoms with E-state index in [9.17, 15) is 8.42 Å². The molecule has 6 nitrogen and oxygen atoms in total. The van der Waals surface area contributed by atoms with Crippen LogP contribution in [0.1, 0.15) is 5.56 Å². The highest BCUT2D eigenvalue weighted by atomic mass is 32.2. The maximum Gasteiger partial charge on any atom is 0.265 e. The first kappa shape index (κ1) is 20.1. The van der Waals surface area contributed by atoms with E-state index in [0.29, 0.717) is 11.4 Å². The summed E-state index contributed by atoms with van der Waals surface area (Å²) in [5, 5.41) is 2.83. The quantitative estimate of drug-likeness (QED) is 0.460. The monoisotopic (exact) mass is 437 g/mol. The molecule has 0 amide bonds. The van der Waals surface area contributed by atoms with E-state index in [4.69, 9.17) is 4.74 Å². The number of benzene rings is 2. The lowest BCUT2D eigenvalue weighted by molar-refractivity contribution is 0.402. The molecule has 0 spiro atoms. The van der Waals surface area contributed by atoms with Crippen LogP contribution in [0.2, 0.25) is 0 Å². The van der Waals surface area contributed by atoms with Gasteiger partial charge in [0, 0.05) is 34.6 Å². The Morgan fingerprint density at radius 1 is 1.00 bits per heavy atom. The zero-order valence-electron chi connectivity index (χ0n) is 16.4. The van der Waals surface area contributed by atoms with E-state index >= 15 is 0 Å². The lowest BCUT2D eigenvalue weighted by Crippen LogP contribution is -2.14. The topological polar surface area (TPSA) is 81.2 Å². The molecular weight excluding hydrogens is 418 g/mol. The Kier molecular flexibility index (Phi) is 5.52. The summed E-state index contributed by atoms with van der Waals surface area (Å²) in [5.74, 6) is 0.297. The number of nitrogens with zero attached hydrogens (tertiary/aromatic N) is 2. The Bertz CT molecular complexity index is 1290. The van der Waals surface area contributed by atoms with Gasteiger partial charge in [-0.3, -0.25) is 9.71 Å². The van der Waals surface area contributed by atoms with E-state index in [0.717, 1.165) is 27.4 Å². The third-order valence-electron chi connectivity index (χ3n) is 4.45. The van der Waals surface area contributed by atoms with Gasteiger partial charge in [0.1, 0.15) is 15.7 Å². The van der Waals surface area contributed by atoms with Crippen molar-refractivity contribution in [2.45, 2.75) is 11.8 Å². The van der Waals surface area contributed by atoms with Gasteiger partial charge in [-0.25, -0.2) is 13.4 Å². The zero-order chi connectivity index (χ0) is 21.1. The van der Waals surface area contributed by atoms with E-state index in [1.54, 1.807) is 48.8 Å². The second kappa shape index (κ2) is 8.25. The van der Waals surface area contributed by atoms with Crippen molar-refractivity contribution in [3.8, 4) is 27.6 Å². The smallest absolute Gasteiger partial charge is 0.265 e. The standard InChI is InChI=1S/C22H19N3O3S2/c1-15-6-7-20(28-2)21(12-15)30(26,27)25-18-5-3-4-17(13-18)19-14-29-22(24-19)16-8-10-23-11-9-16/h3-14,25H,1-2H3. The van der Waals surface area contributed by atoms with Crippen molar-refractivity contribution in [1.29, 1.82) is 0 Å². The van der Waals surface area contributed by atoms with Gasteiger partial charge >= 0.3 is 0 Å². The van der Waals surface area contributed by atoms with E-state index in [1.807, 2.05) is 30.5 Å². The van der Waals surface area contributed by atoms with Crippen LogP contribution in [0.25, 0.3) is 21.8 Å². The molecule has 0 fully saturated rings. The fraction of sp³-hybridized carbons (Fsp3) is 0.0909. The number of hydrogen-bond donors (Lipinski definition) is 1. The summed E-state index contributed by atoms with van der Waals surface area (Å²) in [7, 11) is -2.36. The molecule has 1 N–H and O–H groups in total. The minimum Gasteiger partial charge on any atom is -0.495 e. The Morgan fingerprint density at radius 3 is 2.57 bits per heavy atom. The molecule has 0 bridgehead atoms. The van der Waals surface area contributed by atoms with Crippen molar-refractivity contribution in [1.82, 2.24) is 9.97 Å². The lowest BCUT2D eigenvalue weighted by atomic mass is 10.1. The molecule has 4 aromatic rings. The third-order valence-corrected chi connectivity index (χ3v) is 6.74. The summed E-state index contributed by atoms with van der Waals surface area (Å²) in [6.07, 6.45) is 3.46. The second-order valence-corrected chi connectivity index (χ2v) is 9.12. The van der Waals surface area contributed by atoms with Gasteiger partial charge in [-0.15, -0.1) is 11.3 Å². The second-order valence-electron chi connectivity index (χ2n) is 6.61. The molecule has 0 aliphatic carbocycles. The van der Waals surface area contributed by atoms with Crippen LogP contribution in [0.4, 0.5) is 5.69 Å². The van der Waals surface area contributed by atoms with E-state index in [2.05, 4.69) is 14.7 Å². The number of anilines is 1. The van der Waals surface area contributed by atoms with E-state index in [1.165, 1.54) is 18.4 Å². The normalized spacial score (nSPS) is 11.3. The van der Waals surface area contributed by atoms with Crippen molar-refractivity contribution in [2.75, 3.05) is 11.8 Å². The largest absolute Gasteiger partial charge is 0.495 e. The van der Waals surface area contributed by atoms with Crippen molar-refractivity contribution < 1.29 is 13.2 Å². The molecule has 2 aromatic heterocycles. The van der Waals surface area contributed by atoms with Gasteiger partial charge < -0.3 is 4.74 Å². The molecule has 2 aromatic carbocycles. The van der Waals surface area contributed by atoms with Gasteiger partial charge in [0.25, 0.3) is 10.0 Å². The summed E-state index contributed by atoms with van der Waals surface area (Å²) in [6.45, 7) is 1.84. The van der Waals surface area contributed by atoms with Crippen molar-refractivity contribution in [3.05, 3.63) is 77.9 Å². The molecule has 4 rings (SSSR count). The number of aromatic nitrogens is 2. The predicted molar refractivity (Wildman–Crippen MR) is 119 cm³/mol. The highest BCUT2D eigenvalue weighted by Crippen LogP contribution is 2.31. The summed E-state index contributed by atoms with van der Waals surface area (Å²) in [5.41, 5.74) is 3.87. The number of methoxy groups -OCH3 is 1. The average molecular weight is 438 g/mol. The molecule has 0 saturated carbocycles. The molecule has 2 heterocycles. The van der Waals surface area contributed by atoms with E-state index < -0.39 is 10.0 Å². The number of hydrogen-bond acceptors (Lipinski definition) is 6. The van der Waals surface area contributed by atoms with Gasteiger partial charge in [-0.2, -0.15) is 0 Å². The molecule has 0 saturated heterocycles. The first-order valence-electron chi connectivity index (χ1n) is 9.10. The SMILES string of the molecule is COc1ccc(C)cc1S(=O)(=O)Nc1cccc(-c2csc(-c3ccncc3)n2)c1. The summed E-state index contributed by atoms with van der Waals surface area (Å²) in [4.78, 5) is 8.81. The van der Waals surface area contributed by atoms with Crippen LogP contribution in [0.3, 0.4) is 0 Å². The number of aryl methyl sites for hydroxylation is 1. The van der Waals surface area contributed by atoms with Gasteiger partial charge in [0.05, 0.1) is 12.8 Å². The first-order chi connectivity index (χ1) is 14.5. The van der Waals surface area contributed by atoms with Gasteiger partial charge in [0.2, 0.25) is 0 Å². The Balaban J connectivity index is 1.63. The maximum absolute atomic E-state index is 13.0. The molecule has 0 aliphatic rings. The number of sulfonamides is 1. The molecule has 152 valence electrons. The lowest BCUT2D eigenvalue weighted by Gasteiger charge is -2.13. The number of nitrogens with one attached hydrogen (secondary N) is 1. The van der Waals surface area contributed by atoms with Crippen LogP contribution in [-0.2, 0) is 10.0 Å². The molecule has 0 unspecified atom stereocenters. The van der Waals surface area contributed by atoms with Crippen LogP contribution in [0.15, 0.2) is 77.3 Å². The Morgan fingerprint density at radius 2 is 1.80 bits per heavy atom. The van der Waals surface area contributed by atoms with Crippen LogP contribution in [-0.4, -0.2) is 25.5 Å². The predicted octanol–water partition coefficient (Wildman–Crippen LogP) is 4.99. The minimum absolute atomic E-state index is 0.101. The van der Waals surface area contributed by atoms with Crippen LogP contribution in [0, 0.1) is 6.92 Å². The van der Waals surface area contributed by atoms with E-state index in [-0.39, 0.29) is 4.90 Å². The van der Waals surface area contributed by atoms with Gasteiger partial charge in [-0.05, 0) is 48.9 Å². The number of pyridine rings is 1. The maximum atomic E-state index is 13.0. The number of ether oxygens (including phenoxy) is 1. The van der Waals surface area contributed by atoms with Crippen LogP contribution >= 0.6 is 11.3 Å². The molecule has 0 radical (unpaired) electrons. The summed E-state index contributed by atoms with van der Waals surface area (Å²) < 4.78 is 33.8. The molecule has 0 aliphatic heterocycles. The fourth-order valence-electron chi connectivity index (χ4n) is 2.98. The fourth-order valence-corrected chi connectivity index (χ4v) is 5.12. The third kappa shape index (κ3) is 4.19. The summed E-state index contributed by atoms with van der Waals surface area (Å²) >= 11 is 1.53. The zero-order valence-corrected chi connectivity index (χ0v) is 18.0.